The molecule has 3 unspecified atom stereocenters. The lowest BCUT2D eigenvalue weighted by Crippen LogP contribution is -2.58. The van der Waals surface area contributed by atoms with Crippen LogP contribution in [0.2, 0.25) is 0 Å². The Bertz CT molecular complexity index is 404. The van der Waals surface area contributed by atoms with Crippen molar-refractivity contribution in [3.05, 3.63) is 24.3 Å². The maximum Gasteiger partial charge on any atom is 0.0412 e. The lowest BCUT2D eigenvalue weighted by atomic mass is 9.94. The van der Waals surface area contributed by atoms with E-state index in [2.05, 4.69) is 61.5 Å². The predicted molar refractivity (Wildman–Crippen MR) is 90.9 cm³/mol. The fourth-order valence-corrected chi connectivity index (χ4v) is 3.35. The van der Waals surface area contributed by atoms with Gasteiger partial charge >= 0.3 is 0 Å². The fourth-order valence-electron chi connectivity index (χ4n) is 2.94. The molecule has 1 fully saturated rings. The van der Waals surface area contributed by atoms with Crippen LogP contribution in [0.5, 0.6) is 0 Å². The van der Waals surface area contributed by atoms with Crippen LogP contribution in [0, 0.1) is 5.92 Å². The number of nitrogens with zero attached hydrogens (tertiary/aromatic N) is 1. The number of rotatable bonds is 5. The molecule has 1 N–H and O–H groups in total. The zero-order valence-electron chi connectivity index (χ0n) is 13.2. The Kier molecular flexibility index (Phi) is 5.79. The molecule has 1 aliphatic rings. The van der Waals surface area contributed by atoms with Crippen molar-refractivity contribution in [2.24, 2.45) is 5.92 Å². The van der Waals surface area contributed by atoms with Crippen molar-refractivity contribution >= 4 is 17.4 Å². The molecule has 112 valence electrons. The highest BCUT2D eigenvalue weighted by molar-refractivity contribution is 7.98. The minimum Gasteiger partial charge on any atom is -0.366 e. The Morgan fingerprint density at radius 2 is 2.00 bits per heavy atom. The minimum absolute atomic E-state index is 0.614. The Labute approximate surface area is 128 Å². The topological polar surface area (TPSA) is 15.3 Å². The highest BCUT2D eigenvalue weighted by atomic mass is 32.2. The Morgan fingerprint density at radius 1 is 1.30 bits per heavy atom. The summed E-state index contributed by atoms with van der Waals surface area (Å²) in [4.78, 5) is 3.95. The maximum absolute atomic E-state index is 3.75. The maximum atomic E-state index is 3.75. The smallest absolute Gasteiger partial charge is 0.0412 e. The summed E-state index contributed by atoms with van der Waals surface area (Å²) >= 11 is 1.81. The van der Waals surface area contributed by atoms with Crippen molar-refractivity contribution in [1.29, 1.82) is 0 Å². The molecule has 2 rings (SSSR count). The average molecular weight is 292 g/mol. The van der Waals surface area contributed by atoms with Crippen molar-refractivity contribution in [3.8, 4) is 0 Å². The summed E-state index contributed by atoms with van der Waals surface area (Å²) in [6.45, 7) is 9.18. The number of anilines is 1. The standard InChI is InChI=1S/C17H28N2S/c1-5-13(3)17-12-19(14(6-2)11-18-17)15-7-9-16(20-4)10-8-15/h7-10,13-14,17-18H,5-6,11-12H2,1-4H3. The predicted octanol–water partition coefficient (Wildman–Crippen LogP) is 4.01. The highest BCUT2D eigenvalue weighted by Crippen LogP contribution is 2.26. The van der Waals surface area contributed by atoms with Gasteiger partial charge in [-0.1, -0.05) is 27.2 Å². The molecule has 0 radical (unpaired) electrons. The number of benzene rings is 1. The SMILES string of the molecule is CCC(C)C1CN(c2ccc(SC)cc2)C(CC)CN1. The van der Waals surface area contributed by atoms with Crippen LogP contribution in [-0.4, -0.2) is 31.4 Å². The van der Waals surface area contributed by atoms with E-state index in [0.717, 1.165) is 19.0 Å². The van der Waals surface area contributed by atoms with Gasteiger partial charge in [-0.3, -0.25) is 0 Å². The lowest BCUT2D eigenvalue weighted by molar-refractivity contribution is 0.306. The molecule has 0 aromatic heterocycles. The van der Waals surface area contributed by atoms with E-state index in [0.29, 0.717) is 12.1 Å². The van der Waals surface area contributed by atoms with Gasteiger partial charge in [-0.05, 0) is 42.9 Å². The van der Waals surface area contributed by atoms with E-state index < -0.39 is 0 Å². The monoisotopic (exact) mass is 292 g/mol. The molecule has 2 nitrogen and oxygen atoms in total. The largest absolute Gasteiger partial charge is 0.366 e. The molecule has 1 aromatic carbocycles. The molecule has 0 saturated carbocycles. The second kappa shape index (κ2) is 7.37. The Morgan fingerprint density at radius 3 is 2.55 bits per heavy atom. The first-order valence-electron chi connectivity index (χ1n) is 7.83. The van der Waals surface area contributed by atoms with Crippen molar-refractivity contribution < 1.29 is 0 Å². The first kappa shape index (κ1) is 15.7. The molecule has 0 spiro atoms. The number of piperazine rings is 1. The van der Waals surface area contributed by atoms with Gasteiger partial charge in [-0.15, -0.1) is 11.8 Å². The van der Waals surface area contributed by atoms with E-state index in [1.165, 1.54) is 23.4 Å². The molecule has 1 heterocycles. The highest BCUT2D eigenvalue weighted by Gasteiger charge is 2.29. The summed E-state index contributed by atoms with van der Waals surface area (Å²) in [6, 6.07) is 10.3. The van der Waals surface area contributed by atoms with E-state index in [9.17, 15) is 0 Å². The third-order valence-electron chi connectivity index (χ3n) is 4.66. The second-order valence-electron chi connectivity index (χ2n) is 5.81. The fraction of sp³-hybridized carbons (Fsp3) is 0.647. The van der Waals surface area contributed by atoms with Gasteiger partial charge in [0.25, 0.3) is 0 Å². The van der Waals surface area contributed by atoms with Crippen molar-refractivity contribution in [2.75, 3.05) is 24.2 Å². The van der Waals surface area contributed by atoms with Gasteiger partial charge < -0.3 is 10.2 Å². The van der Waals surface area contributed by atoms with Gasteiger partial charge in [0.05, 0.1) is 0 Å². The van der Waals surface area contributed by atoms with E-state index in [-0.39, 0.29) is 0 Å². The van der Waals surface area contributed by atoms with Crippen LogP contribution >= 0.6 is 11.8 Å². The zero-order chi connectivity index (χ0) is 14.5. The van der Waals surface area contributed by atoms with Crippen LogP contribution in [0.1, 0.15) is 33.6 Å². The zero-order valence-corrected chi connectivity index (χ0v) is 14.0. The molecule has 0 bridgehead atoms. The van der Waals surface area contributed by atoms with E-state index in [1.54, 1.807) is 0 Å². The van der Waals surface area contributed by atoms with Gasteiger partial charge in [-0.25, -0.2) is 0 Å². The molecule has 20 heavy (non-hydrogen) atoms. The van der Waals surface area contributed by atoms with Crippen LogP contribution in [0.15, 0.2) is 29.2 Å². The van der Waals surface area contributed by atoms with Crippen LogP contribution in [0.25, 0.3) is 0 Å². The normalized spacial score (nSPS) is 24.7. The van der Waals surface area contributed by atoms with Crippen molar-refractivity contribution in [3.63, 3.8) is 0 Å². The minimum atomic E-state index is 0.614. The van der Waals surface area contributed by atoms with Gasteiger partial charge in [0.1, 0.15) is 0 Å². The van der Waals surface area contributed by atoms with Gasteiger partial charge in [-0.2, -0.15) is 0 Å². The molecule has 1 aromatic rings. The summed E-state index contributed by atoms with van der Waals surface area (Å²) < 4.78 is 0. The molecule has 1 aliphatic heterocycles. The number of nitrogens with one attached hydrogen (secondary N) is 1. The van der Waals surface area contributed by atoms with Crippen LogP contribution < -0.4 is 10.2 Å². The summed E-state index contributed by atoms with van der Waals surface area (Å²) in [5.41, 5.74) is 1.38. The van der Waals surface area contributed by atoms with E-state index in [1.807, 2.05) is 11.8 Å². The third kappa shape index (κ3) is 3.50. The average Bonchev–Trinajstić information content (AvgIpc) is 2.53. The van der Waals surface area contributed by atoms with Crippen LogP contribution in [-0.2, 0) is 0 Å². The summed E-state index contributed by atoms with van der Waals surface area (Å²) in [5.74, 6) is 0.737. The number of hydrogen-bond donors (Lipinski definition) is 1. The molecular weight excluding hydrogens is 264 g/mol. The Hall–Kier alpha value is -0.670. The molecular formula is C17H28N2S. The van der Waals surface area contributed by atoms with Crippen LogP contribution in [0.4, 0.5) is 5.69 Å². The van der Waals surface area contributed by atoms with Crippen LogP contribution in [0.3, 0.4) is 0 Å². The summed E-state index contributed by atoms with van der Waals surface area (Å²) in [5, 5.41) is 3.75. The quantitative estimate of drug-likeness (QED) is 0.826. The second-order valence-corrected chi connectivity index (χ2v) is 6.69. The lowest BCUT2D eigenvalue weighted by Gasteiger charge is -2.43. The third-order valence-corrected chi connectivity index (χ3v) is 5.40. The summed E-state index contributed by atoms with van der Waals surface area (Å²) in [7, 11) is 0. The van der Waals surface area contributed by atoms with Gasteiger partial charge in [0.2, 0.25) is 0 Å². The molecule has 3 atom stereocenters. The first-order chi connectivity index (χ1) is 9.69. The van der Waals surface area contributed by atoms with Gasteiger partial charge in [0.15, 0.2) is 0 Å². The molecule has 1 saturated heterocycles. The molecule has 0 amide bonds. The number of hydrogen-bond acceptors (Lipinski definition) is 3. The van der Waals surface area contributed by atoms with E-state index >= 15 is 0 Å². The summed E-state index contributed by atoms with van der Waals surface area (Å²) in [6.07, 6.45) is 4.58. The van der Waals surface area contributed by atoms with Gasteiger partial charge in [0, 0.05) is 35.8 Å². The molecule has 0 aliphatic carbocycles. The Balaban J connectivity index is 2.15. The first-order valence-corrected chi connectivity index (χ1v) is 9.06. The van der Waals surface area contributed by atoms with E-state index in [4.69, 9.17) is 0 Å². The number of thioether (sulfide) groups is 1. The van der Waals surface area contributed by atoms with Crippen molar-refractivity contribution in [1.82, 2.24) is 5.32 Å². The molecule has 3 heteroatoms. The van der Waals surface area contributed by atoms with Crippen molar-refractivity contribution in [2.45, 2.75) is 50.6 Å².